The number of rotatable bonds is 4. The van der Waals surface area contributed by atoms with E-state index in [0.29, 0.717) is 13.0 Å². The lowest BCUT2D eigenvalue weighted by atomic mass is 10.1. The Kier molecular flexibility index (Phi) is 3.46. The minimum atomic E-state index is -0.334. The first-order valence-corrected chi connectivity index (χ1v) is 6.48. The van der Waals surface area contributed by atoms with Crippen LogP contribution in [0.25, 0.3) is 11.0 Å². The first kappa shape index (κ1) is 13.0. The maximum atomic E-state index is 11.8. The number of hydrogen-bond acceptors (Lipinski definition) is 4. The SMILES string of the molecule is O=C(NCCc1ccc2nc[nH]c2c1)c1ccc(=O)[nH]n1. The lowest BCUT2D eigenvalue weighted by Crippen LogP contribution is -2.27. The Hall–Kier alpha value is -2.96. The molecule has 21 heavy (non-hydrogen) atoms. The highest BCUT2D eigenvalue weighted by molar-refractivity contribution is 5.91. The van der Waals surface area contributed by atoms with Gasteiger partial charge < -0.3 is 10.3 Å². The number of carbonyl (C=O) groups is 1. The molecule has 3 rings (SSSR count). The zero-order chi connectivity index (χ0) is 14.7. The van der Waals surface area contributed by atoms with Gasteiger partial charge in [-0.15, -0.1) is 0 Å². The van der Waals surface area contributed by atoms with Crippen LogP contribution in [0.15, 0.2) is 41.5 Å². The van der Waals surface area contributed by atoms with E-state index in [1.54, 1.807) is 6.33 Å². The van der Waals surface area contributed by atoms with E-state index in [1.807, 2.05) is 18.2 Å². The van der Waals surface area contributed by atoms with E-state index >= 15 is 0 Å². The molecule has 0 radical (unpaired) electrons. The molecule has 0 fully saturated rings. The summed E-state index contributed by atoms with van der Waals surface area (Å²) >= 11 is 0. The van der Waals surface area contributed by atoms with Crippen LogP contribution in [0.4, 0.5) is 0 Å². The number of benzene rings is 1. The van der Waals surface area contributed by atoms with E-state index in [0.717, 1.165) is 16.6 Å². The molecule has 0 aliphatic rings. The molecule has 0 aliphatic carbocycles. The van der Waals surface area contributed by atoms with Gasteiger partial charge in [-0.1, -0.05) is 6.07 Å². The van der Waals surface area contributed by atoms with Crippen molar-refractivity contribution < 1.29 is 4.79 Å². The molecule has 0 spiro atoms. The van der Waals surface area contributed by atoms with Crippen LogP contribution in [0.5, 0.6) is 0 Å². The lowest BCUT2D eigenvalue weighted by molar-refractivity contribution is 0.0948. The fraction of sp³-hybridized carbons (Fsp3) is 0.143. The van der Waals surface area contributed by atoms with Crippen LogP contribution >= 0.6 is 0 Å². The van der Waals surface area contributed by atoms with Crippen molar-refractivity contribution in [1.29, 1.82) is 0 Å². The molecule has 2 heterocycles. The van der Waals surface area contributed by atoms with Crippen LogP contribution in [-0.2, 0) is 6.42 Å². The summed E-state index contributed by atoms with van der Waals surface area (Å²) in [5.74, 6) is -0.311. The second-order valence-electron chi connectivity index (χ2n) is 4.57. The second kappa shape index (κ2) is 5.58. The lowest BCUT2D eigenvalue weighted by Gasteiger charge is -2.04. The molecule has 7 nitrogen and oxygen atoms in total. The average Bonchev–Trinajstić information content (AvgIpc) is 2.95. The number of nitrogens with one attached hydrogen (secondary N) is 3. The van der Waals surface area contributed by atoms with Gasteiger partial charge in [0.1, 0.15) is 5.69 Å². The molecule has 0 unspecified atom stereocenters. The maximum absolute atomic E-state index is 11.8. The summed E-state index contributed by atoms with van der Waals surface area (Å²) in [7, 11) is 0. The zero-order valence-corrected chi connectivity index (χ0v) is 11.1. The van der Waals surface area contributed by atoms with Crippen molar-refractivity contribution in [3.63, 3.8) is 0 Å². The number of carbonyl (C=O) groups excluding carboxylic acids is 1. The Morgan fingerprint density at radius 3 is 2.95 bits per heavy atom. The molecule has 1 amide bonds. The van der Waals surface area contributed by atoms with Crippen LogP contribution in [0.3, 0.4) is 0 Å². The van der Waals surface area contributed by atoms with E-state index in [4.69, 9.17) is 0 Å². The predicted molar refractivity (Wildman–Crippen MR) is 77.0 cm³/mol. The van der Waals surface area contributed by atoms with Crippen LogP contribution in [0.2, 0.25) is 0 Å². The molecule has 0 bridgehead atoms. The van der Waals surface area contributed by atoms with Crippen LogP contribution in [0.1, 0.15) is 16.1 Å². The highest BCUT2D eigenvalue weighted by atomic mass is 16.2. The number of nitrogens with zero attached hydrogens (tertiary/aromatic N) is 2. The smallest absolute Gasteiger partial charge is 0.271 e. The summed E-state index contributed by atoms with van der Waals surface area (Å²) < 4.78 is 0. The van der Waals surface area contributed by atoms with Gasteiger partial charge >= 0.3 is 0 Å². The summed E-state index contributed by atoms with van der Waals surface area (Å²) in [6.45, 7) is 0.485. The molecular weight excluding hydrogens is 270 g/mol. The fourth-order valence-corrected chi connectivity index (χ4v) is 2.02. The summed E-state index contributed by atoms with van der Waals surface area (Å²) in [6.07, 6.45) is 2.35. The Bertz CT molecular complexity index is 816. The Balaban J connectivity index is 1.59. The van der Waals surface area contributed by atoms with Gasteiger partial charge in [0, 0.05) is 12.6 Å². The van der Waals surface area contributed by atoms with Gasteiger partial charge in [0.15, 0.2) is 0 Å². The van der Waals surface area contributed by atoms with Crippen molar-refractivity contribution in [3.05, 3.63) is 58.3 Å². The second-order valence-corrected chi connectivity index (χ2v) is 4.57. The molecule has 2 aromatic heterocycles. The predicted octanol–water partition coefficient (Wildman–Crippen LogP) is 0.619. The van der Waals surface area contributed by atoms with Crippen molar-refractivity contribution in [2.45, 2.75) is 6.42 Å². The summed E-state index contributed by atoms with van der Waals surface area (Å²) in [4.78, 5) is 29.9. The molecule has 0 saturated carbocycles. The van der Waals surface area contributed by atoms with Gasteiger partial charge in [0.05, 0.1) is 17.4 Å². The zero-order valence-electron chi connectivity index (χ0n) is 11.1. The minimum absolute atomic E-state index is 0.193. The van der Waals surface area contributed by atoms with Gasteiger partial charge in [0.25, 0.3) is 11.5 Å². The van der Waals surface area contributed by atoms with Crippen molar-refractivity contribution >= 4 is 16.9 Å². The summed E-state index contributed by atoms with van der Waals surface area (Å²) in [5, 5.41) is 8.66. The fourth-order valence-electron chi connectivity index (χ4n) is 2.02. The Morgan fingerprint density at radius 2 is 2.14 bits per heavy atom. The van der Waals surface area contributed by atoms with Crippen LogP contribution in [0, 0.1) is 0 Å². The van der Waals surface area contributed by atoms with Crippen molar-refractivity contribution in [2.75, 3.05) is 6.54 Å². The third kappa shape index (κ3) is 2.97. The number of hydrogen-bond donors (Lipinski definition) is 3. The molecule has 7 heteroatoms. The number of aromatic amines is 2. The van der Waals surface area contributed by atoms with Gasteiger partial charge in [-0.2, -0.15) is 5.10 Å². The van der Waals surface area contributed by atoms with Gasteiger partial charge in [-0.3, -0.25) is 9.59 Å². The van der Waals surface area contributed by atoms with E-state index in [-0.39, 0.29) is 17.2 Å². The van der Waals surface area contributed by atoms with E-state index in [2.05, 4.69) is 25.5 Å². The third-order valence-electron chi connectivity index (χ3n) is 3.10. The van der Waals surface area contributed by atoms with E-state index in [9.17, 15) is 9.59 Å². The van der Waals surface area contributed by atoms with Crippen LogP contribution < -0.4 is 10.9 Å². The molecular formula is C14H13N5O2. The number of aromatic nitrogens is 4. The Morgan fingerprint density at radius 1 is 1.24 bits per heavy atom. The Labute approximate surface area is 119 Å². The largest absolute Gasteiger partial charge is 0.350 e. The van der Waals surface area contributed by atoms with Crippen molar-refractivity contribution in [3.8, 4) is 0 Å². The molecule has 0 aliphatic heterocycles. The first-order chi connectivity index (χ1) is 10.2. The van der Waals surface area contributed by atoms with E-state index in [1.165, 1.54) is 12.1 Å². The number of imidazole rings is 1. The summed E-state index contributed by atoms with van der Waals surface area (Å²) in [6, 6.07) is 8.59. The quantitative estimate of drug-likeness (QED) is 0.653. The van der Waals surface area contributed by atoms with Gasteiger partial charge in [-0.05, 0) is 30.2 Å². The highest BCUT2D eigenvalue weighted by Crippen LogP contribution is 2.11. The molecule has 3 N–H and O–H groups in total. The third-order valence-corrected chi connectivity index (χ3v) is 3.10. The standard InChI is InChI=1S/C14H13N5O2/c20-13-4-3-11(18-19-13)14(21)15-6-5-9-1-2-10-12(7-9)17-8-16-10/h1-4,7-8H,5-6H2,(H,15,21)(H,16,17)(H,19,20). The maximum Gasteiger partial charge on any atom is 0.271 e. The first-order valence-electron chi connectivity index (χ1n) is 6.48. The normalized spacial score (nSPS) is 10.7. The topological polar surface area (TPSA) is 104 Å². The van der Waals surface area contributed by atoms with Crippen LogP contribution in [-0.4, -0.2) is 32.6 Å². The highest BCUT2D eigenvalue weighted by Gasteiger charge is 2.06. The summed E-state index contributed by atoms with van der Waals surface area (Å²) in [5.41, 5.74) is 2.85. The molecule has 3 aromatic rings. The molecule has 1 aromatic carbocycles. The monoisotopic (exact) mass is 283 g/mol. The van der Waals surface area contributed by atoms with Crippen molar-refractivity contribution in [1.82, 2.24) is 25.5 Å². The number of fused-ring (bicyclic) bond motifs is 1. The van der Waals surface area contributed by atoms with E-state index < -0.39 is 0 Å². The number of H-pyrrole nitrogens is 2. The van der Waals surface area contributed by atoms with Gasteiger partial charge in [0.2, 0.25) is 0 Å². The van der Waals surface area contributed by atoms with Crippen molar-refractivity contribution in [2.24, 2.45) is 0 Å². The molecule has 106 valence electrons. The molecule has 0 atom stereocenters. The van der Waals surface area contributed by atoms with Gasteiger partial charge in [-0.25, -0.2) is 10.1 Å². The average molecular weight is 283 g/mol. The minimum Gasteiger partial charge on any atom is -0.350 e. The number of amides is 1. The molecule has 0 saturated heterocycles.